The topological polar surface area (TPSA) is 371 Å². The lowest BCUT2D eigenvalue weighted by molar-refractivity contribution is -0.366. The number of hydrazine groups is 1. The van der Waals surface area contributed by atoms with Crippen molar-refractivity contribution in [3.8, 4) is 0 Å². The standard InChI is InChI=1S/C34H62N4O19/c1-16(41)17(7-4-5-10-35)37-38-22(43)9-3-2-8-21(42)36-11-6-12-52-33-30(51)31(57-34-29(50)27(48)24(45)19(14-40)55-34)25(46)20(56-33)15-53-32-28(49)26(47)23(44)18(13-39)54-32/h17-20,23-34,37,39-40,44-51H,2-15,35H2,1H3,(H,36,42)(H,38,43)/t17-,18+,19+,20+,23+,24+,25+,26-,27-,28-,29-,30-,31-,32-,33+,34+/m0/s1. The van der Waals surface area contributed by atoms with Crippen LogP contribution in [0.3, 0.4) is 0 Å². The summed E-state index contributed by atoms with van der Waals surface area (Å²) in [6.07, 6.45) is -21.7. The maximum Gasteiger partial charge on any atom is 0.234 e. The first-order chi connectivity index (χ1) is 27.1. The second kappa shape index (κ2) is 24.8. The third-order valence-corrected chi connectivity index (χ3v) is 9.86. The van der Waals surface area contributed by atoms with Crippen LogP contribution in [0.25, 0.3) is 0 Å². The van der Waals surface area contributed by atoms with Crippen molar-refractivity contribution in [1.29, 1.82) is 0 Å². The first-order valence-electron chi connectivity index (χ1n) is 19.2. The van der Waals surface area contributed by atoms with Gasteiger partial charge in [0.05, 0.1) is 32.5 Å². The fourth-order valence-corrected chi connectivity index (χ4v) is 6.33. The zero-order valence-electron chi connectivity index (χ0n) is 31.9. The number of Topliss-reactive ketones (excluding diaryl/α,β-unsaturated/α-hetero) is 1. The lowest BCUT2D eigenvalue weighted by Gasteiger charge is -2.46. The molecule has 23 nitrogen and oxygen atoms in total. The predicted molar refractivity (Wildman–Crippen MR) is 190 cm³/mol. The Morgan fingerprint density at radius 3 is 1.81 bits per heavy atom. The minimum Gasteiger partial charge on any atom is -0.394 e. The van der Waals surface area contributed by atoms with Gasteiger partial charge in [0, 0.05) is 19.4 Å². The largest absolute Gasteiger partial charge is 0.394 e. The average Bonchev–Trinajstić information content (AvgIpc) is 3.19. The molecule has 0 aromatic heterocycles. The van der Waals surface area contributed by atoms with Crippen LogP contribution in [0, 0.1) is 0 Å². The van der Waals surface area contributed by atoms with Crippen molar-refractivity contribution >= 4 is 17.6 Å². The van der Waals surface area contributed by atoms with Crippen LogP contribution in [0.15, 0.2) is 0 Å². The van der Waals surface area contributed by atoms with Gasteiger partial charge in [0.2, 0.25) is 11.8 Å². The zero-order valence-corrected chi connectivity index (χ0v) is 31.9. The minimum absolute atomic E-state index is 0.107. The number of nitrogens with one attached hydrogen (secondary N) is 3. The van der Waals surface area contributed by atoms with E-state index in [9.17, 15) is 65.4 Å². The summed E-state index contributed by atoms with van der Waals surface area (Å²) in [5, 5.41) is 105. The first kappa shape index (κ1) is 49.3. The molecular weight excluding hydrogens is 768 g/mol. The van der Waals surface area contributed by atoms with Crippen LogP contribution >= 0.6 is 0 Å². The second-order valence-corrected chi connectivity index (χ2v) is 14.3. The summed E-state index contributed by atoms with van der Waals surface area (Å²) in [5.41, 5.74) is 10.8. The highest BCUT2D eigenvalue weighted by atomic mass is 16.7. The van der Waals surface area contributed by atoms with Gasteiger partial charge in [-0.1, -0.05) is 6.42 Å². The molecule has 2 amide bonds. The summed E-state index contributed by atoms with van der Waals surface area (Å²) in [5.74, 6) is -0.717. The third-order valence-electron chi connectivity index (χ3n) is 9.86. The van der Waals surface area contributed by atoms with Crippen molar-refractivity contribution in [3.05, 3.63) is 0 Å². The normalized spacial score (nSPS) is 36.4. The number of carbonyl (C=O) groups excluding carboxylic acids is 3. The van der Waals surface area contributed by atoms with Gasteiger partial charge in [-0.15, -0.1) is 0 Å². The molecule has 16 atom stereocenters. The molecule has 23 heteroatoms. The number of ether oxygens (including phenoxy) is 6. The van der Waals surface area contributed by atoms with Gasteiger partial charge in [-0.2, -0.15) is 0 Å². The second-order valence-electron chi connectivity index (χ2n) is 14.3. The van der Waals surface area contributed by atoms with Crippen molar-refractivity contribution in [2.75, 3.05) is 39.5 Å². The number of nitrogens with two attached hydrogens (primary N) is 1. The summed E-state index contributed by atoms with van der Waals surface area (Å²) < 4.78 is 33.3. The number of aliphatic hydroxyl groups is 10. The lowest BCUT2D eigenvalue weighted by atomic mass is 9.96. The number of carbonyl (C=O) groups is 3. The molecule has 0 aliphatic carbocycles. The summed E-state index contributed by atoms with van der Waals surface area (Å²) in [4.78, 5) is 36.3. The Hall–Kier alpha value is -2.11. The number of ketones is 1. The number of aliphatic hydroxyl groups excluding tert-OH is 10. The van der Waals surface area contributed by atoms with Gasteiger partial charge < -0.3 is 90.5 Å². The summed E-state index contributed by atoms with van der Waals surface area (Å²) in [7, 11) is 0. The van der Waals surface area contributed by atoms with Crippen molar-refractivity contribution in [1.82, 2.24) is 16.2 Å². The molecule has 3 rings (SSSR count). The van der Waals surface area contributed by atoms with Crippen LogP contribution in [-0.2, 0) is 42.8 Å². The van der Waals surface area contributed by atoms with Gasteiger partial charge in [-0.25, -0.2) is 5.43 Å². The van der Waals surface area contributed by atoms with Crippen LogP contribution in [-0.4, -0.2) is 206 Å². The van der Waals surface area contributed by atoms with Gasteiger partial charge >= 0.3 is 0 Å². The Labute approximate surface area is 329 Å². The number of unbranched alkanes of at least 4 members (excludes halogenated alkanes) is 2. The van der Waals surface area contributed by atoms with E-state index in [0.717, 1.165) is 12.8 Å². The fraction of sp³-hybridized carbons (Fsp3) is 0.912. The smallest absolute Gasteiger partial charge is 0.234 e. The van der Waals surface area contributed by atoms with Crippen molar-refractivity contribution < 1.29 is 93.9 Å². The molecule has 332 valence electrons. The molecule has 3 aliphatic rings. The lowest BCUT2D eigenvalue weighted by Crippen LogP contribution is -2.65. The van der Waals surface area contributed by atoms with E-state index in [2.05, 4.69) is 16.2 Å². The highest BCUT2D eigenvalue weighted by Crippen LogP contribution is 2.31. The van der Waals surface area contributed by atoms with E-state index in [0.29, 0.717) is 25.8 Å². The molecule has 0 bridgehead atoms. The summed E-state index contributed by atoms with van der Waals surface area (Å²) >= 11 is 0. The van der Waals surface area contributed by atoms with Crippen molar-refractivity contribution in [2.45, 2.75) is 156 Å². The van der Waals surface area contributed by atoms with E-state index in [1.165, 1.54) is 6.92 Å². The SMILES string of the molecule is CC(=O)[C@H](CCCCN)NNC(=O)CCCCC(=O)NCCCO[C@@H]1O[C@H](CO[C@H]2O[C@H](CO)[C@@H](O)[C@H](O)[C@@H]2O)[C@@H](O)[C@H](O[C@H]2O[C@H](CO)[C@@H](O)[C@H](O)[C@@H]2O)[C@@H]1O. The van der Waals surface area contributed by atoms with Crippen LogP contribution in [0.4, 0.5) is 0 Å². The molecule has 0 aromatic rings. The summed E-state index contributed by atoms with van der Waals surface area (Å²) in [6, 6.07) is -0.512. The molecule has 0 radical (unpaired) electrons. The molecule has 3 aliphatic heterocycles. The number of rotatable bonds is 24. The molecule has 0 unspecified atom stereocenters. The van der Waals surface area contributed by atoms with Crippen LogP contribution in [0.2, 0.25) is 0 Å². The maximum absolute atomic E-state index is 12.4. The number of hydrogen-bond acceptors (Lipinski definition) is 21. The van der Waals surface area contributed by atoms with Gasteiger partial charge in [0.1, 0.15) is 79.0 Å². The van der Waals surface area contributed by atoms with Crippen LogP contribution in [0.5, 0.6) is 0 Å². The van der Waals surface area contributed by atoms with Gasteiger partial charge in [-0.3, -0.25) is 19.8 Å². The van der Waals surface area contributed by atoms with Crippen molar-refractivity contribution in [3.63, 3.8) is 0 Å². The molecule has 3 heterocycles. The zero-order chi connectivity index (χ0) is 42.2. The summed E-state index contributed by atoms with van der Waals surface area (Å²) in [6.45, 7) is -0.169. The Morgan fingerprint density at radius 1 is 0.649 bits per heavy atom. The van der Waals surface area contributed by atoms with Gasteiger partial charge in [-0.05, 0) is 45.6 Å². The van der Waals surface area contributed by atoms with E-state index < -0.39 is 118 Å². The monoisotopic (exact) mass is 830 g/mol. The van der Waals surface area contributed by atoms with E-state index in [-0.39, 0.29) is 50.0 Å². The first-order valence-corrected chi connectivity index (χ1v) is 19.2. The highest BCUT2D eigenvalue weighted by Gasteiger charge is 2.52. The van der Waals surface area contributed by atoms with Crippen LogP contribution in [0.1, 0.15) is 58.3 Å². The predicted octanol–water partition coefficient (Wildman–Crippen LogP) is -6.77. The molecular formula is C34H62N4O19. The number of amides is 2. The van der Waals surface area contributed by atoms with E-state index >= 15 is 0 Å². The molecule has 0 aromatic carbocycles. The molecule has 0 saturated carbocycles. The maximum atomic E-state index is 12.4. The van der Waals surface area contributed by atoms with Gasteiger partial charge in [0.25, 0.3) is 0 Å². The fourth-order valence-electron chi connectivity index (χ4n) is 6.33. The molecule has 57 heavy (non-hydrogen) atoms. The van der Waals surface area contributed by atoms with Crippen LogP contribution < -0.4 is 21.9 Å². The Balaban J connectivity index is 1.50. The van der Waals surface area contributed by atoms with E-state index in [1.807, 2.05) is 0 Å². The molecule has 3 fully saturated rings. The average molecular weight is 831 g/mol. The Bertz CT molecular complexity index is 1210. The Kier molecular flexibility index (Phi) is 21.5. The quantitative estimate of drug-likeness (QED) is 0.0317. The van der Waals surface area contributed by atoms with E-state index in [4.69, 9.17) is 34.2 Å². The third kappa shape index (κ3) is 14.5. The molecule has 0 spiro atoms. The minimum atomic E-state index is -1.90. The number of hydrogen-bond donors (Lipinski definition) is 14. The van der Waals surface area contributed by atoms with E-state index in [1.54, 1.807) is 0 Å². The molecule has 15 N–H and O–H groups in total. The Morgan fingerprint density at radius 2 is 1.21 bits per heavy atom. The van der Waals surface area contributed by atoms with Crippen molar-refractivity contribution in [2.24, 2.45) is 5.73 Å². The molecule has 3 saturated heterocycles. The van der Waals surface area contributed by atoms with Gasteiger partial charge in [0.15, 0.2) is 18.9 Å². The highest BCUT2D eigenvalue weighted by molar-refractivity contribution is 5.82.